The molecule has 0 amide bonds. The first-order chi connectivity index (χ1) is 9.52. The van der Waals surface area contributed by atoms with E-state index >= 15 is 0 Å². The third kappa shape index (κ3) is 2.87. The van der Waals surface area contributed by atoms with Crippen molar-refractivity contribution in [3.8, 4) is 17.7 Å². The van der Waals surface area contributed by atoms with Gasteiger partial charge in [-0.2, -0.15) is 5.26 Å². The van der Waals surface area contributed by atoms with Gasteiger partial charge in [0, 0.05) is 12.3 Å². The maximum atomic E-state index is 10.7. The molecule has 100 valence electrons. The summed E-state index contributed by atoms with van der Waals surface area (Å²) < 4.78 is 5.93. The van der Waals surface area contributed by atoms with Gasteiger partial charge in [-0.25, -0.2) is 4.98 Å². The summed E-state index contributed by atoms with van der Waals surface area (Å²) in [5, 5.41) is 19.6. The molecule has 1 aromatic carbocycles. The van der Waals surface area contributed by atoms with Crippen LogP contribution in [0.25, 0.3) is 0 Å². The van der Waals surface area contributed by atoms with E-state index in [9.17, 15) is 10.1 Å². The number of pyridine rings is 1. The van der Waals surface area contributed by atoms with Crippen LogP contribution in [-0.4, -0.2) is 9.91 Å². The standard InChI is InChI=1S/C12H5BrClN3O3/c13-9-2-1-8(17(18)19)5-10(9)20-12-11(14)7(6-15)3-4-16-12/h1-5H. The number of nitriles is 1. The Morgan fingerprint density at radius 1 is 1.45 bits per heavy atom. The molecular weight excluding hydrogens is 350 g/mol. The molecule has 8 heteroatoms. The van der Waals surface area contributed by atoms with Crippen molar-refractivity contribution in [3.05, 3.63) is 55.6 Å². The number of non-ortho nitro benzene ring substituents is 1. The Morgan fingerprint density at radius 2 is 2.20 bits per heavy atom. The van der Waals surface area contributed by atoms with Crippen molar-refractivity contribution in [1.82, 2.24) is 4.98 Å². The van der Waals surface area contributed by atoms with Crippen molar-refractivity contribution in [2.24, 2.45) is 0 Å². The monoisotopic (exact) mass is 353 g/mol. The summed E-state index contributed by atoms with van der Waals surface area (Å²) in [5.74, 6) is 0.190. The number of benzene rings is 1. The predicted octanol–water partition coefficient (Wildman–Crippen LogP) is 4.07. The van der Waals surface area contributed by atoms with E-state index in [0.29, 0.717) is 4.47 Å². The van der Waals surface area contributed by atoms with Crippen molar-refractivity contribution >= 4 is 33.2 Å². The SMILES string of the molecule is N#Cc1ccnc(Oc2cc([N+](=O)[O-])ccc2Br)c1Cl. The van der Waals surface area contributed by atoms with E-state index < -0.39 is 4.92 Å². The summed E-state index contributed by atoms with van der Waals surface area (Å²) in [6.45, 7) is 0. The second-order valence-corrected chi connectivity index (χ2v) is 4.80. The van der Waals surface area contributed by atoms with Gasteiger partial charge in [0.15, 0.2) is 5.75 Å². The Labute approximate surface area is 126 Å². The summed E-state index contributed by atoms with van der Waals surface area (Å²) in [6.07, 6.45) is 1.37. The minimum Gasteiger partial charge on any atom is -0.436 e. The number of nitrogens with zero attached hydrogens (tertiary/aromatic N) is 3. The van der Waals surface area contributed by atoms with E-state index in [1.807, 2.05) is 6.07 Å². The number of hydrogen-bond acceptors (Lipinski definition) is 5. The maximum absolute atomic E-state index is 10.7. The Kier molecular flexibility index (Phi) is 4.17. The molecule has 0 bridgehead atoms. The number of aromatic nitrogens is 1. The summed E-state index contributed by atoms with van der Waals surface area (Å²) >= 11 is 9.17. The van der Waals surface area contributed by atoms with Gasteiger partial charge >= 0.3 is 0 Å². The van der Waals surface area contributed by atoms with Crippen LogP contribution in [0.2, 0.25) is 5.02 Å². The lowest BCUT2D eigenvalue weighted by Gasteiger charge is -2.08. The molecule has 0 aliphatic carbocycles. The molecule has 0 N–H and O–H groups in total. The average Bonchev–Trinajstić information content (AvgIpc) is 2.43. The predicted molar refractivity (Wildman–Crippen MR) is 74.8 cm³/mol. The molecule has 6 nitrogen and oxygen atoms in total. The largest absolute Gasteiger partial charge is 0.436 e. The van der Waals surface area contributed by atoms with E-state index in [4.69, 9.17) is 21.6 Å². The fraction of sp³-hybridized carbons (Fsp3) is 0. The number of nitro groups is 1. The van der Waals surface area contributed by atoms with Crippen LogP contribution in [0.4, 0.5) is 5.69 Å². The Hall–Kier alpha value is -2.17. The fourth-order valence-corrected chi connectivity index (χ4v) is 1.89. The van der Waals surface area contributed by atoms with E-state index in [1.165, 1.54) is 30.5 Å². The Balaban J connectivity index is 2.43. The van der Waals surface area contributed by atoms with Gasteiger partial charge < -0.3 is 4.74 Å². The van der Waals surface area contributed by atoms with Crippen molar-refractivity contribution in [1.29, 1.82) is 5.26 Å². The number of halogens is 2. The van der Waals surface area contributed by atoms with E-state index in [2.05, 4.69) is 20.9 Å². The van der Waals surface area contributed by atoms with Crippen molar-refractivity contribution in [2.45, 2.75) is 0 Å². The smallest absolute Gasteiger partial charge is 0.273 e. The van der Waals surface area contributed by atoms with Gasteiger partial charge in [0.2, 0.25) is 5.88 Å². The van der Waals surface area contributed by atoms with E-state index in [-0.39, 0.29) is 27.9 Å². The number of ether oxygens (including phenoxy) is 1. The first-order valence-electron chi connectivity index (χ1n) is 5.19. The third-order valence-electron chi connectivity index (χ3n) is 2.31. The van der Waals surface area contributed by atoms with E-state index in [1.54, 1.807) is 0 Å². The van der Waals surface area contributed by atoms with Gasteiger partial charge in [-0.1, -0.05) is 11.6 Å². The highest BCUT2D eigenvalue weighted by atomic mass is 79.9. The number of hydrogen-bond donors (Lipinski definition) is 0. The normalized spacial score (nSPS) is 9.85. The van der Waals surface area contributed by atoms with Crippen LogP contribution >= 0.6 is 27.5 Å². The zero-order valence-electron chi connectivity index (χ0n) is 9.71. The molecular formula is C12H5BrClN3O3. The molecule has 2 rings (SSSR count). The minimum atomic E-state index is -0.542. The molecule has 0 saturated heterocycles. The minimum absolute atomic E-state index is 0.00640. The molecule has 0 saturated carbocycles. The van der Waals surface area contributed by atoms with Crippen LogP contribution < -0.4 is 4.74 Å². The summed E-state index contributed by atoms with van der Waals surface area (Å²) in [7, 11) is 0. The highest BCUT2D eigenvalue weighted by Gasteiger charge is 2.14. The second kappa shape index (κ2) is 5.86. The number of rotatable bonds is 3. The molecule has 0 radical (unpaired) electrons. The van der Waals surface area contributed by atoms with Gasteiger partial charge in [0.25, 0.3) is 5.69 Å². The highest BCUT2D eigenvalue weighted by Crippen LogP contribution is 2.35. The summed E-state index contributed by atoms with van der Waals surface area (Å²) in [6, 6.07) is 7.39. The fourth-order valence-electron chi connectivity index (χ4n) is 1.37. The maximum Gasteiger partial charge on any atom is 0.273 e. The van der Waals surface area contributed by atoms with Crippen LogP contribution in [0, 0.1) is 21.4 Å². The second-order valence-electron chi connectivity index (χ2n) is 3.56. The molecule has 0 fully saturated rings. The molecule has 0 atom stereocenters. The summed E-state index contributed by atoms with van der Waals surface area (Å²) in [5.41, 5.74) is 0.0778. The van der Waals surface area contributed by atoms with Gasteiger partial charge in [-0.3, -0.25) is 10.1 Å². The third-order valence-corrected chi connectivity index (χ3v) is 3.33. The molecule has 0 aliphatic heterocycles. The Bertz CT molecular complexity index is 730. The highest BCUT2D eigenvalue weighted by molar-refractivity contribution is 9.10. The first kappa shape index (κ1) is 14.2. The lowest BCUT2D eigenvalue weighted by molar-refractivity contribution is -0.384. The van der Waals surface area contributed by atoms with Crippen molar-refractivity contribution in [3.63, 3.8) is 0 Å². The van der Waals surface area contributed by atoms with Gasteiger partial charge in [-0.15, -0.1) is 0 Å². The van der Waals surface area contributed by atoms with Gasteiger partial charge in [0.05, 0.1) is 21.0 Å². The zero-order valence-corrected chi connectivity index (χ0v) is 12.1. The van der Waals surface area contributed by atoms with Crippen molar-refractivity contribution in [2.75, 3.05) is 0 Å². The molecule has 1 aromatic heterocycles. The lowest BCUT2D eigenvalue weighted by atomic mass is 10.3. The first-order valence-corrected chi connectivity index (χ1v) is 6.36. The summed E-state index contributed by atoms with van der Waals surface area (Å²) in [4.78, 5) is 14.1. The van der Waals surface area contributed by atoms with Crippen LogP contribution in [0.3, 0.4) is 0 Å². The van der Waals surface area contributed by atoms with Crippen LogP contribution in [0.15, 0.2) is 34.9 Å². The van der Waals surface area contributed by atoms with Gasteiger partial charge in [0.1, 0.15) is 11.1 Å². The molecule has 2 aromatic rings. The molecule has 20 heavy (non-hydrogen) atoms. The van der Waals surface area contributed by atoms with Crippen LogP contribution in [-0.2, 0) is 0 Å². The van der Waals surface area contributed by atoms with Crippen LogP contribution in [0.1, 0.15) is 5.56 Å². The van der Waals surface area contributed by atoms with Gasteiger partial charge in [-0.05, 0) is 28.1 Å². The topological polar surface area (TPSA) is 89.0 Å². The molecule has 1 heterocycles. The average molecular weight is 355 g/mol. The van der Waals surface area contributed by atoms with E-state index in [0.717, 1.165) is 0 Å². The molecule has 0 unspecified atom stereocenters. The quantitative estimate of drug-likeness (QED) is 0.612. The van der Waals surface area contributed by atoms with Crippen molar-refractivity contribution < 1.29 is 9.66 Å². The molecule has 0 spiro atoms. The molecule has 0 aliphatic rings. The zero-order chi connectivity index (χ0) is 14.7. The lowest BCUT2D eigenvalue weighted by Crippen LogP contribution is -1.94. The van der Waals surface area contributed by atoms with Crippen LogP contribution in [0.5, 0.6) is 11.6 Å². The Morgan fingerprint density at radius 3 is 2.85 bits per heavy atom. The number of nitro benzene ring substituents is 1.